The summed E-state index contributed by atoms with van der Waals surface area (Å²) in [5.41, 5.74) is 2.42. The minimum atomic E-state index is -0.267. The molecule has 2 heterocycles. The predicted molar refractivity (Wildman–Crippen MR) is 105 cm³/mol. The highest BCUT2D eigenvalue weighted by molar-refractivity contribution is 6.01. The van der Waals surface area contributed by atoms with Gasteiger partial charge in [0.2, 0.25) is 5.91 Å². The summed E-state index contributed by atoms with van der Waals surface area (Å²) in [5, 5.41) is 5.30. The van der Waals surface area contributed by atoms with Crippen molar-refractivity contribution < 1.29 is 14.3 Å². The molecule has 0 spiro atoms. The molecule has 140 valence electrons. The van der Waals surface area contributed by atoms with Crippen molar-refractivity contribution in [3.8, 4) is 0 Å². The van der Waals surface area contributed by atoms with Crippen LogP contribution in [0.15, 0.2) is 48.7 Å². The van der Waals surface area contributed by atoms with Crippen molar-refractivity contribution in [2.45, 2.75) is 0 Å². The average molecular weight is 366 g/mol. The van der Waals surface area contributed by atoms with E-state index in [0.29, 0.717) is 24.6 Å². The van der Waals surface area contributed by atoms with Crippen molar-refractivity contribution in [3.63, 3.8) is 0 Å². The Bertz CT molecular complexity index is 810. The molecule has 1 aliphatic rings. The normalized spacial score (nSPS) is 14.2. The van der Waals surface area contributed by atoms with Crippen LogP contribution in [0.1, 0.15) is 15.9 Å². The van der Waals surface area contributed by atoms with Crippen molar-refractivity contribution >= 4 is 29.4 Å². The number of pyridine rings is 1. The third-order valence-electron chi connectivity index (χ3n) is 4.20. The van der Waals surface area contributed by atoms with Gasteiger partial charge >= 0.3 is 0 Å². The van der Waals surface area contributed by atoms with Gasteiger partial charge in [0.25, 0.3) is 5.91 Å². The molecule has 0 radical (unpaired) electrons. The van der Waals surface area contributed by atoms with E-state index >= 15 is 0 Å². The van der Waals surface area contributed by atoms with E-state index in [0.717, 1.165) is 24.3 Å². The summed E-state index contributed by atoms with van der Waals surface area (Å²) in [6.07, 6.45) is 4.87. The third kappa shape index (κ3) is 5.15. The number of morpholine rings is 1. The molecule has 2 amide bonds. The minimum absolute atomic E-state index is 0.144. The first-order valence-corrected chi connectivity index (χ1v) is 8.75. The Morgan fingerprint density at radius 1 is 1.11 bits per heavy atom. The van der Waals surface area contributed by atoms with Crippen LogP contribution in [-0.4, -0.2) is 50.1 Å². The highest BCUT2D eigenvalue weighted by Gasteiger charge is 2.11. The Hall–Kier alpha value is -3.19. The second-order valence-electron chi connectivity index (χ2n) is 6.02. The molecule has 2 N–H and O–H groups in total. The lowest BCUT2D eigenvalue weighted by molar-refractivity contribution is -0.111. The van der Waals surface area contributed by atoms with Gasteiger partial charge in [-0.1, -0.05) is 12.1 Å². The number of benzene rings is 1. The maximum Gasteiger partial charge on any atom is 0.251 e. The Morgan fingerprint density at radius 3 is 2.48 bits per heavy atom. The van der Waals surface area contributed by atoms with Crippen molar-refractivity contribution in [2.24, 2.45) is 0 Å². The fourth-order valence-electron chi connectivity index (χ4n) is 2.70. The minimum Gasteiger partial charge on any atom is -0.378 e. The number of nitrogens with zero attached hydrogens (tertiary/aromatic N) is 2. The monoisotopic (exact) mass is 366 g/mol. The quantitative estimate of drug-likeness (QED) is 0.790. The van der Waals surface area contributed by atoms with Crippen LogP contribution in [0.3, 0.4) is 0 Å². The molecule has 1 aliphatic heterocycles. The number of amides is 2. The molecule has 7 nitrogen and oxygen atoms in total. The van der Waals surface area contributed by atoms with Gasteiger partial charge in [-0.25, -0.2) is 4.98 Å². The van der Waals surface area contributed by atoms with Gasteiger partial charge in [0.05, 0.1) is 25.1 Å². The Kier molecular flexibility index (Phi) is 6.17. The number of rotatable bonds is 5. The zero-order chi connectivity index (χ0) is 19.1. The van der Waals surface area contributed by atoms with Gasteiger partial charge in [-0.15, -0.1) is 0 Å². The molecule has 27 heavy (non-hydrogen) atoms. The lowest BCUT2D eigenvalue weighted by atomic mass is 10.1. The fraction of sp³-hybridized carbons (Fsp3) is 0.250. The van der Waals surface area contributed by atoms with Crippen LogP contribution < -0.4 is 15.5 Å². The number of nitrogens with one attached hydrogen (secondary N) is 2. The second kappa shape index (κ2) is 8.95. The number of carbonyl (C=O) groups excluding carboxylic acids is 2. The molecule has 3 rings (SSSR count). The van der Waals surface area contributed by atoms with Crippen molar-refractivity contribution in [1.29, 1.82) is 0 Å². The Balaban J connectivity index is 1.55. The first-order valence-electron chi connectivity index (χ1n) is 8.75. The summed E-state index contributed by atoms with van der Waals surface area (Å²) in [6, 6.07) is 10.7. The fourth-order valence-corrected chi connectivity index (χ4v) is 2.70. The zero-order valence-electron chi connectivity index (χ0n) is 15.1. The molecule has 0 saturated carbocycles. The van der Waals surface area contributed by atoms with E-state index in [1.54, 1.807) is 49.7 Å². The maximum atomic E-state index is 12.1. The van der Waals surface area contributed by atoms with Gasteiger partial charge in [0.1, 0.15) is 5.82 Å². The molecule has 1 saturated heterocycles. The highest BCUT2D eigenvalue weighted by Crippen LogP contribution is 2.16. The standard InChI is InChI=1S/C20H22N4O3/c1-21-20(26)16-5-2-15(3-6-16)4-9-19(25)23-18-8-7-17(14-22-18)24-10-12-27-13-11-24/h2-9,14H,10-13H2,1H3,(H,21,26)(H,22,23,25)/b9-4+. The lowest BCUT2D eigenvalue weighted by Gasteiger charge is -2.28. The molecule has 1 aromatic heterocycles. The lowest BCUT2D eigenvalue weighted by Crippen LogP contribution is -2.36. The molecule has 1 fully saturated rings. The van der Waals surface area contributed by atoms with Crippen LogP contribution in [0.4, 0.5) is 11.5 Å². The molecule has 0 bridgehead atoms. The molecular weight excluding hydrogens is 344 g/mol. The summed E-state index contributed by atoms with van der Waals surface area (Å²) in [6.45, 7) is 3.12. The van der Waals surface area contributed by atoms with Gasteiger partial charge in [-0.2, -0.15) is 0 Å². The summed E-state index contributed by atoms with van der Waals surface area (Å²) >= 11 is 0. The Morgan fingerprint density at radius 2 is 1.85 bits per heavy atom. The van der Waals surface area contributed by atoms with Crippen LogP contribution in [0.5, 0.6) is 0 Å². The van der Waals surface area contributed by atoms with Gasteiger partial charge in [-0.05, 0) is 35.9 Å². The summed E-state index contributed by atoms with van der Waals surface area (Å²) in [7, 11) is 1.59. The molecule has 0 unspecified atom stereocenters. The smallest absolute Gasteiger partial charge is 0.251 e. The van der Waals surface area contributed by atoms with E-state index in [1.807, 2.05) is 6.07 Å². The number of anilines is 2. The first-order chi connectivity index (χ1) is 13.2. The van der Waals surface area contributed by atoms with Crippen LogP contribution in [0.2, 0.25) is 0 Å². The Labute approximate surface area is 158 Å². The summed E-state index contributed by atoms with van der Waals surface area (Å²) in [5.74, 6) is 0.0866. The van der Waals surface area contributed by atoms with Crippen LogP contribution in [0.25, 0.3) is 6.08 Å². The summed E-state index contributed by atoms with van der Waals surface area (Å²) < 4.78 is 5.34. The number of hydrogen-bond donors (Lipinski definition) is 2. The number of aromatic nitrogens is 1. The topological polar surface area (TPSA) is 83.6 Å². The highest BCUT2D eigenvalue weighted by atomic mass is 16.5. The molecule has 2 aromatic rings. The van der Waals surface area contributed by atoms with Crippen molar-refractivity contribution in [3.05, 3.63) is 59.8 Å². The first kappa shape index (κ1) is 18.6. The molecular formula is C20H22N4O3. The van der Waals surface area contributed by atoms with Crippen LogP contribution in [0, 0.1) is 0 Å². The van der Waals surface area contributed by atoms with E-state index in [-0.39, 0.29) is 11.8 Å². The van der Waals surface area contributed by atoms with E-state index in [4.69, 9.17) is 4.74 Å². The van der Waals surface area contributed by atoms with E-state index in [1.165, 1.54) is 6.08 Å². The molecule has 0 aliphatic carbocycles. The van der Waals surface area contributed by atoms with Gasteiger partial charge < -0.3 is 20.3 Å². The average Bonchev–Trinajstić information content (AvgIpc) is 2.73. The van der Waals surface area contributed by atoms with Gasteiger partial charge in [0, 0.05) is 31.8 Å². The SMILES string of the molecule is CNC(=O)c1ccc(/C=C/C(=O)Nc2ccc(N3CCOCC3)cn2)cc1. The van der Waals surface area contributed by atoms with Gasteiger partial charge in [0.15, 0.2) is 0 Å². The van der Waals surface area contributed by atoms with Crippen LogP contribution in [-0.2, 0) is 9.53 Å². The van der Waals surface area contributed by atoms with Gasteiger partial charge in [-0.3, -0.25) is 9.59 Å². The van der Waals surface area contributed by atoms with Crippen molar-refractivity contribution in [1.82, 2.24) is 10.3 Å². The molecule has 0 atom stereocenters. The zero-order valence-corrected chi connectivity index (χ0v) is 15.1. The predicted octanol–water partition coefficient (Wildman–Crippen LogP) is 1.93. The third-order valence-corrected chi connectivity index (χ3v) is 4.20. The van der Waals surface area contributed by atoms with Crippen molar-refractivity contribution in [2.75, 3.05) is 43.6 Å². The summed E-state index contributed by atoms with van der Waals surface area (Å²) in [4.78, 5) is 30.1. The number of ether oxygens (including phenoxy) is 1. The molecule has 1 aromatic carbocycles. The number of hydrogen-bond acceptors (Lipinski definition) is 5. The van der Waals surface area contributed by atoms with E-state index in [9.17, 15) is 9.59 Å². The van der Waals surface area contributed by atoms with E-state index in [2.05, 4.69) is 20.5 Å². The maximum absolute atomic E-state index is 12.1. The van der Waals surface area contributed by atoms with Crippen LogP contribution >= 0.6 is 0 Å². The van der Waals surface area contributed by atoms with E-state index < -0.39 is 0 Å². The number of carbonyl (C=O) groups is 2. The second-order valence-corrected chi connectivity index (χ2v) is 6.02. The molecule has 7 heteroatoms. The largest absolute Gasteiger partial charge is 0.378 e.